The zero-order valence-corrected chi connectivity index (χ0v) is 19.7. The molecule has 1 unspecified atom stereocenters. The Morgan fingerprint density at radius 3 is 2.33 bits per heavy atom. The van der Waals surface area contributed by atoms with Crippen LogP contribution in [-0.2, 0) is 10.0 Å². The first kappa shape index (κ1) is 23.9. The van der Waals surface area contributed by atoms with Crippen LogP contribution >= 0.6 is 34.8 Å². The van der Waals surface area contributed by atoms with Crippen LogP contribution in [0.2, 0.25) is 15.1 Å². The molecule has 33 heavy (non-hydrogen) atoms. The molecule has 172 valence electrons. The number of aliphatic hydroxyl groups is 1. The normalized spacial score (nSPS) is 12.9. The predicted octanol–water partition coefficient (Wildman–Crippen LogP) is 5.47. The second kappa shape index (κ2) is 8.83. The third kappa shape index (κ3) is 4.84. The van der Waals surface area contributed by atoms with Crippen LogP contribution in [0.4, 0.5) is 8.78 Å². The van der Waals surface area contributed by atoms with E-state index < -0.39 is 27.9 Å². The molecular formula is C21H14Cl3F2N3O3S. The van der Waals surface area contributed by atoms with Crippen molar-refractivity contribution in [3.05, 3.63) is 80.8 Å². The highest BCUT2D eigenvalue weighted by Gasteiger charge is 2.22. The van der Waals surface area contributed by atoms with E-state index in [4.69, 9.17) is 34.8 Å². The summed E-state index contributed by atoms with van der Waals surface area (Å²) in [5, 5.41) is 15.5. The minimum atomic E-state index is -3.82. The highest BCUT2D eigenvalue weighted by atomic mass is 35.5. The first-order valence-corrected chi connectivity index (χ1v) is 12.3. The monoisotopic (exact) mass is 531 g/mol. The fraction of sp³-hybridized carbons (Fsp3) is 0.0952. The van der Waals surface area contributed by atoms with Crippen LogP contribution in [0.25, 0.3) is 27.8 Å². The van der Waals surface area contributed by atoms with Gasteiger partial charge in [0, 0.05) is 32.6 Å². The maximum atomic E-state index is 14.9. The Morgan fingerprint density at radius 2 is 1.67 bits per heavy atom. The minimum absolute atomic E-state index is 0.0387. The van der Waals surface area contributed by atoms with Gasteiger partial charge in [0.1, 0.15) is 23.6 Å². The van der Waals surface area contributed by atoms with Crippen molar-refractivity contribution in [2.75, 3.05) is 6.26 Å². The summed E-state index contributed by atoms with van der Waals surface area (Å²) in [5.41, 5.74) is 0.523. The van der Waals surface area contributed by atoms with Gasteiger partial charge < -0.3 is 5.11 Å². The van der Waals surface area contributed by atoms with Crippen LogP contribution in [-0.4, -0.2) is 29.6 Å². The standard InChI is InChI=1S/C21H14Cl3F2N3O3S/c1-33(31,32)28-21(30)13-8-15(24)19(9-17(13)26)29-18-5-3-10(22)6-14(18)20(27-29)12-4-2-11(23)7-16(12)25/h2-9,21,28,30H,1H3. The van der Waals surface area contributed by atoms with Gasteiger partial charge in [-0.15, -0.1) is 0 Å². The average Bonchev–Trinajstić information content (AvgIpc) is 3.06. The molecule has 0 radical (unpaired) electrons. The number of aromatic nitrogens is 2. The molecule has 0 bridgehead atoms. The van der Waals surface area contributed by atoms with Gasteiger partial charge >= 0.3 is 0 Å². The van der Waals surface area contributed by atoms with Crippen molar-refractivity contribution in [2.24, 2.45) is 0 Å². The molecule has 4 aromatic rings. The molecule has 2 N–H and O–H groups in total. The lowest BCUT2D eigenvalue weighted by atomic mass is 10.1. The van der Waals surface area contributed by atoms with Crippen molar-refractivity contribution in [3.63, 3.8) is 0 Å². The van der Waals surface area contributed by atoms with Gasteiger partial charge in [-0.1, -0.05) is 34.8 Å². The van der Waals surface area contributed by atoms with Crippen molar-refractivity contribution >= 4 is 55.7 Å². The van der Waals surface area contributed by atoms with Gasteiger partial charge in [-0.2, -0.15) is 9.82 Å². The Balaban J connectivity index is 1.91. The fourth-order valence-electron chi connectivity index (χ4n) is 3.34. The van der Waals surface area contributed by atoms with Gasteiger partial charge in [-0.3, -0.25) is 0 Å². The number of halogens is 5. The Labute approximate surface area is 202 Å². The van der Waals surface area contributed by atoms with E-state index >= 15 is 0 Å². The number of benzene rings is 3. The summed E-state index contributed by atoms with van der Waals surface area (Å²) in [5.74, 6) is -1.55. The average molecular weight is 533 g/mol. The van der Waals surface area contributed by atoms with Gasteiger partial charge in [0.2, 0.25) is 10.0 Å². The van der Waals surface area contributed by atoms with Crippen LogP contribution in [0.5, 0.6) is 0 Å². The highest BCUT2D eigenvalue weighted by Crippen LogP contribution is 2.36. The Bertz CT molecular complexity index is 1510. The van der Waals surface area contributed by atoms with Crippen molar-refractivity contribution in [2.45, 2.75) is 6.23 Å². The van der Waals surface area contributed by atoms with Gasteiger partial charge in [0.25, 0.3) is 0 Å². The van der Waals surface area contributed by atoms with Crippen molar-refractivity contribution in [1.29, 1.82) is 0 Å². The molecule has 3 aromatic carbocycles. The molecule has 1 aromatic heterocycles. The van der Waals surface area contributed by atoms with Crippen LogP contribution in [0.3, 0.4) is 0 Å². The number of nitrogens with one attached hydrogen (secondary N) is 1. The van der Waals surface area contributed by atoms with Gasteiger partial charge in [-0.05, 0) is 42.5 Å². The number of nitrogens with zero attached hydrogens (tertiary/aromatic N) is 2. The maximum absolute atomic E-state index is 14.9. The fourth-order valence-corrected chi connectivity index (χ4v) is 4.46. The van der Waals surface area contributed by atoms with Crippen LogP contribution in [0, 0.1) is 11.6 Å². The smallest absolute Gasteiger partial charge is 0.211 e. The predicted molar refractivity (Wildman–Crippen MR) is 124 cm³/mol. The first-order valence-electron chi connectivity index (χ1n) is 9.23. The summed E-state index contributed by atoms with van der Waals surface area (Å²) in [6, 6.07) is 11.0. The number of hydrogen-bond donors (Lipinski definition) is 2. The molecule has 12 heteroatoms. The molecule has 1 atom stereocenters. The molecular weight excluding hydrogens is 519 g/mol. The Morgan fingerprint density at radius 1 is 1.00 bits per heavy atom. The van der Waals surface area contributed by atoms with Crippen LogP contribution in [0.15, 0.2) is 48.5 Å². The van der Waals surface area contributed by atoms with E-state index in [1.165, 1.54) is 16.8 Å². The second-order valence-electron chi connectivity index (χ2n) is 7.16. The molecule has 0 aliphatic carbocycles. The number of hydrogen-bond acceptors (Lipinski definition) is 4. The lowest BCUT2D eigenvalue weighted by Crippen LogP contribution is -2.27. The van der Waals surface area contributed by atoms with E-state index in [1.807, 2.05) is 4.72 Å². The third-order valence-corrected chi connectivity index (χ3v) is 6.17. The topological polar surface area (TPSA) is 84.2 Å². The SMILES string of the molecule is CS(=O)(=O)NC(O)c1cc(Cl)c(-n2nc(-c3ccc(Cl)cc3F)c3cc(Cl)ccc32)cc1F. The molecule has 1 heterocycles. The molecule has 0 fully saturated rings. The summed E-state index contributed by atoms with van der Waals surface area (Å²) in [6.45, 7) is 0. The largest absolute Gasteiger partial charge is 0.373 e. The molecule has 4 rings (SSSR count). The summed E-state index contributed by atoms with van der Waals surface area (Å²) in [4.78, 5) is 0. The molecule has 6 nitrogen and oxygen atoms in total. The molecule has 0 spiro atoms. The number of aliphatic hydroxyl groups excluding tert-OH is 1. The summed E-state index contributed by atoms with van der Waals surface area (Å²) in [6.07, 6.45) is -1.03. The van der Waals surface area contributed by atoms with Gasteiger partial charge in [0.15, 0.2) is 0 Å². The number of fused-ring (bicyclic) bond motifs is 1. The number of sulfonamides is 1. The lowest BCUT2D eigenvalue weighted by molar-refractivity contribution is 0.162. The number of rotatable bonds is 5. The van der Waals surface area contributed by atoms with E-state index in [0.29, 0.717) is 15.9 Å². The molecule has 0 amide bonds. The van der Waals surface area contributed by atoms with Gasteiger partial charge in [0.05, 0.1) is 22.5 Å². The second-order valence-corrected chi connectivity index (χ2v) is 10.2. The summed E-state index contributed by atoms with van der Waals surface area (Å²) < 4.78 is 55.4. The van der Waals surface area contributed by atoms with E-state index in [0.717, 1.165) is 24.5 Å². The zero-order chi connectivity index (χ0) is 24.1. The first-order chi connectivity index (χ1) is 15.4. The quantitative estimate of drug-likeness (QED) is 0.334. The zero-order valence-electron chi connectivity index (χ0n) is 16.7. The molecule has 0 saturated heterocycles. The minimum Gasteiger partial charge on any atom is -0.373 e. The Kier molecular flexibility index (Phi) is 6.38. The van der Waals surface area contributed by atoms with Crippen LogP contribution in [0.1, 0.15) is 11.8 Å². The summed E-state index contributed by atoms with van der Waals surface area (Å²) >= 11 is 18.4. The van der Waals surface area contributed by atoms with E-state index in [-0.39, 0.29) is 32.6 Å². The third-order valence-electron chi connectivity index (χ3n) is 4.74. The molecule has 0 aliphatic heterocycles. The highest BCUT2D eigenvalue weighted by molar-refractivity contribution is 7.88. The maximum Gasteiger partial charge on any atom is 0.211 e. The molecule has 0 aliphatic rings. The van der Waals surface area contributed by atoms with Gasteiger partial charge in [-0.25, -0.2) is 21.9 Å². The lowest BCUT2D eigenvalue weighted by Gasteiger charge is -2.15. The van der Waals surface area contributed by atoms with Crippen molar-refractivity contribution in [1.82, 2.24) is 14.5 Å². The Hall–Kier alpha value is -2.27. The van der Waals surface area contributed by atoms with E-state index in [9.17, 15) is 22.3 Å². The van der Waals surface area contributed by atoms with E-state index in [1.54, 1.807) is 18.2 Å². The van der Waals surface area contributed by atoms with Crippen LogP contribution < -0.4 is 4.72 Å². The van der Waals surface area contributed by atoms with Crippen molar-refractivity contribution < 1.29 is 22.3 Å². The molecule has 0 saturated carbocycles. The van der Waals surface area contributed by atoms with E-state index in [2.05, 4.69) is 5.10 Å². The summed E-state index contributed by atoms with van der Waals surface area (Å²) in [7, 11) is -3.82. The van der Waals surface area contributed by atoms with Crippen molar-refractivity contribution in [3.8, 4) is 16.9 Å².